The standard InChI is InChI=1S/C49H31N3OS/c1-3-11-30(12-4-1)32-21-22-34-28-36(24-23-33(34)27-32)48-50-47(31-13-5-2-6-14-31)51-49(52-48)40-18-10-19-42-45(40)39-17-9-16-37(46(39)53-42)35-25-26-44-41(29-35)38-15-7-8-20-43(38)54-44/h1-29,47H,(H,50,51,52). The van der Waals surface area contributed by atoms with Crippen LogP contribution in [-0.2, 0) is 0 Å². The topological polar surface area (TPSA) is 49.9 Å². The first-order valence-electron chi connectivity index (χ1n) is 18.2. The summed E-state index contributed by atoms with van der Waals surface area (Å²) in [5.74, 6) is 1.45. The van der Waals surface area contributed by atoms with Crippen LogP contribution in [0.4, 0.5) is 0 Å². The van der Waals surface area contributed by atoms with Gasteiger partial charge in [-0.05, 0) is 69.4 Å². The maximum Gasteiger partial charge on any atom is 0.160 e. The van der Waals surface area contributed by atoms with E-state index in [1.54, 1.807) is 0 Å². The summed E-state index contributed by atoms with van der Waals surface area (Å²) in [5.41, 5.74) is 9.30. The second-order valence-electron chi connectivity index (χ2n) is 13.8. The van der Waals surface area contributed by atoms with Gasteiger partial charge in [0, 0.05) is 47.6 Å². The first kappa shape index (κ1) is 30.8. The Morgan fingerprint density at radius 3 is 2.06 bits per heavy atom. The summed E-state index contributed by atoms with van der Waals surface area (Å²) in [6, 6.07) is 62.1. The molecular weight excluding hydrogens is 679 g/mol. The number of amidine groups is 2. The lowest BCUT2D eigenvalue weighted by Gasteiger charge is -2.24. The van der Waals surface area contributed by atoms with Crippen molar-refractivity contribution in [2.45, 2.75) is 6.17 Å². The average molecular weight is 710 g/mol. The van der Waals surface area contributed by atoms with Crippen LogP contribution in [0.2, 0.25) is 0 Å². The third kappa shape index (κ3) is 5.12. The maximum absolute atomic E-state index is 6.75. The third-order valence-electron chi connectivity index (χ3n) is 10.5. The second kappa shape index (κ2) is 12.4. The van der Waals surface area contributed by atoms with Crippen LogP contribution in [0.15, 0.2) is 190 Å². The van der Waals surface area contributed by atoms with E-state index in [1.807, 2.05) is 29.5 Å². The van der Waals surface area contributed by atoms with Gasteiger partial charge in [0.1, 0.15) is 23.2 Å². The van der Waals surface area contributed by atoms with Crippen molar-refractivity contribution in [1.82, 2.24) is 5.32 Å². The van der Waals surface area contributed by atoms with E-state index in [-0.39, 0.29) is 6.17 Å². The van der Waals surface area contributed by atoms with Crippen molar-refractivity contribution >= 4 is 75.9 Å². The van der Waals surface area contributed by atoms with Crippen molar-refractivity contribution in [2.75, 3.05) is 0 Å². The molecule has 54 heavy (non-hydrogen) atoms. The van der Waals surface area contributed by atoms with Crippen LogP contribution in [0, 0.1) is 0 Å². The summed E-state index contributed by atoms with van der Waals surface area (Å²) in [6.07, 6.45) is -0.319. The minimum absolute atomic E-state index is 0.319. The van der Waals surface area contributed by atoms with E-state index in [1.165, 1.54) is 36.7 Å². The molecule has 0 radical (unpaired) electrons. The molecule has 1 aliphatic heterocycles. The average Bonchev–Trinajstić information content (AvgIpc) is 3.82. The smallest absolute Gasteiger partial charge is 0.160 e. The summed E-state index contributed by atoms with van der Waals surface area (Å²) in [5, 5.41) is 10.6. The molecule has 4 nitrogen and oxygen atoms in total. The van der Waals surface area contributed by atoms with Gasteiger partial charge in [-0.3, -0.25) is 0 Å². The highest BCUT2D eigenvalue weighted by atomic mass is 32.1. The van der Waals surface area contributed by atoms with Crippen molar-refractivity contribution in [3.8, 4) is 22.3 Å². The van der Waals surface area contributed by atoms with Crippen molar-refractivity contribution < 1.29 is 4.42 Å². The molecular formula is C49H31N3OS. The van der Waals surface area contributed by atoms with Gasteiger partial charge in [-0.2, -0.15) is 0 Å². The Labute approximate surface area is 315 Å². The van der Waals surface area contributed by atoms with E-state index in [4.69, 9.17) is 14.4 Å². The minimum Gasteiger partial charge on any atom is -0.455 e. The minimum atomic E-state index is -0.319. The molecule has 1 aliphatic rings. The SMILES string of the molecule is c1ccc(-c2ccc3cc(C4=NC(c5cccc6oc7c(-c8ccc9sc%10ccccc%10c9c8)cccc7c56)=NC(c5ccccc5)N4)ccc3c2)cc1. The Balaban J connectivity index is 1.05. The lowest BCUT2D eigenvalue weighted by atomic mass is 9.98. The number of fused-ring (bicyclic) bond motifs is 7. The number of nitrogens with one attached hydrogen (secondary N) is 1. The van der Waals surface area contributed by atoms with Crippen LogP contribution in [0.25, 0.3) is 75.1 Å². The van der Waals surface area contributed by atoms with Crippen molar-refractivity contribution in [3.05, 3.63) is 193 Å². The predicted molar refractivity (Wildman–Crippen MR) is 227 cm³/mol. The van der Waals surface area contributed by atoms with Crippen molar-refractivity contribution in [1.29, 1.82) is 0 Å². The zero-order valence-electron chi connectivity index (χ0n) is 29.0. The molecule has 0 spiro atoms. The van der Waals surface area contributed by atoms with Gasteiger partial charge in [-0.25, -0.2) is 9.98 Å². The Hall–Kier alpha value is -6.82. The first-order chi connectivity index (χ1) is 26.7. The summed E-state index contributed by atoms with van der Waals surface area (Å²) in [6.45, 7) is 0. The van der Waals surface area contributed by atoms with Gasteiger partial charge in [0.05, 0.1) is 0 Å². The van der Waals surface area contributed by atoms with Crippen LogP contribution in [-0.4, -0.2) is 11.7 Å². The van der Waals surface area contributed by atoms with Gasteiger partial charge in [0.15, 0.2) is 5.84 Å². The molecule has 0 fully saturated rings. The predicted octanol–water partition coefficient (Wildman–Crippen LogP) is 12.9. The Kier molecular flexibility index (Phi) is 7.07. The molecule has 0 bridgehead atoms. The molecule has 0 saturated heterocycles. The van der Waals surface area contributed by atoms with E-state index in [2.05, 4.69) is 163 Å². The molecule has 2 aromatic heterocycles. The highest BCUT2D eigenvalue weighted by Crippen LogP contribution is 2.41. The largest absolute Gasteiger partial charge is 0.455 e. The summed E-state index contributed by atoms with van der Waals surface area (Å²) in [4.78, 5) is 10.5. The van der Waals surface area contributed by atoms with E-state index in [0.717, 1.165) is 61.0 Å². The van der Waals surface area contributed by atoms with Gasteiger partial charge in [0.2, 0.25) is 0 Å². The highest BCUT2D eigenvalue weighted by Gasteiger charge is 2.24. The number of thiophene rings is 1. The Morgan fingerprint density at radius 1 is 0.500 bits per heavy atom. The molecule has 254 valence electrons. The second-order valence-corrected chi connectivity index (χ2v) is 14.9. The highest BCUT2D eigenvalue weighted by molar-refractivity contribution is 7.25. The summed E-state index contributed by atoms with van der Waals surface area (Å²) < 4.78 is 9.33. The molecule has 10 aromatic rings. The van der Waals surface area contributed by atoms with Crippen LogP contribution in [0.1, 0.15) is 22.9 Å². The monoisotopic (exact) mass is 709 g/mol. The molecule has 3 heterocycles. The fraction of sp³-hybridized carbons (Fsp3) is 0.0204. The Morgan fingerprint density at radius 2 is 1.19 bits per heavy atom. The van der Waals surface area contributed by atoms with Crippen molar-refractivity contribution in [2.24, 2.45) is 9.98 Å². The zero-order chi connectivity index (χ0) is 35.6. The van der Waals surface area contributed by atoms with Gasteiger partial charge >= 0.3 is 0 Å². The molecule has 0 amide bonds. The molecule has 0 saturated carbocycles. The number of hydrogen-bond acceptors (Lipinski definition) is 5. The van der Waals surface area contributed by atoms with Crippen LogP contribution in [0.5, 0.6) is 0 Å². The van der Waals surface area contributed by atoms with Crippen molar-refractivity contribution in [3.63, 3.8) is 0 Å². The van der Waals surface area contributed by atoms with Gasteiger partial charge in [-0.1, -0.05) is 140 Å². The maximum atomic E-state index is 6.75. The van der Waals surface area contributed by atoms with E-state index in [0.29, 0.717) is 5.84 Å². The fourth-order valence-electron chi connectivity index (χ4n) is 7.88. The lowest BCUT2D eigenvalue weighted by Crippen LogP contribution is -2.33. The fourth-order valence-corrected chi connectivity index (χ4v) is 8.97. The number of nitrogens with zero attached hydrogens (tertiary/aromatic N) is 2. The summed E-state index contributed by atoms with van der Waals surface area (Å²) in [7, 11) is 0. The van der Waals surface area contributed by atoms with Gasteiger partial charge in [-0.15, -0.1) is 11.3 Å². The summed E-state index contributed by atoms with van der Waals surface area (Å²) >= 11 is 1.83. The molecule has 11 rings (SSSR count). The number of hydrogen-bond donors (Lipinski definition) is 1. The van der Waals surface area contributed by atoms with Crippen LogP contribution in [0.3, 0.4) is 0 Å². The molecule has 0 aliphatic carbocycles. The quantitative estimate of drug-likeness (QED) is 0.193. The number of aliphatic imine (C=N–C) groups is 2. The number of benzene rings is 8. The van der Waals surface area contributed by atoms with Gasteiger partial charge in [0.25, 0.3) is 0 Å². The third-order valence-corrected chi connectivity index (χ3v) is 11.7. The van der Waals surface area contributed by atoms with Crippen LogP contribution < -0.4 is 5.32 Å². The molecule has 8 aromatic carbocycles. The first-order valence-corrected chi connectivity index (χ1v) is 19.0. The van der Waals surface area contributed by atoms with E-state index in [9.17, 15) is 0 Å². The number of para-hydroxylation sites is 1. The normalized spacial score (nSPS) is 14.5. The number of furan rings is 1. The van der Waals surface area contributed by atoms with Crippen LogP contribution >= 0.6 is 11.3 Å². The molecule has 1 atom stereocenters. The lowest BCUT2D eigenvalue weighted by molar-refractivity contribution is 0.669. The zero-order valence-corrected chi connectivity index (χ0v) is 29.8. The molecule has 1 unspecified atom stereocenters. The van der Waals surface area contributed by atoms with E-state index >= 15 is 0 Å². The molecule has 5 heteroatoms. The van der Waals surface area contributed by atoms with Gasteiger partial charge < -0.3 is 9.73 Å². The Bertz CT molecular complexity index is 3140. The van der Waals surface area contributed by atoms with E-state index < -0.39 is 0 Å². The molecule has 1 N–H and O–H groups in total. The number of rotatable bonds is 5.